The first-order chi connectivity index (χ1) is 8.06. The van der Waals surface area contributed by atoms with Gasteiger partial charge in [-0.25, -0.2) is 0 Å². The second-order valence-corrected chi connectivity index (χ2v) is 6.65. The van der Waals surface area contributed by atoms with Gasteiger partial charge in [-0.1, -0.05) is 13.8 Å². The van der Waals surface area contributed by atoms with Crippen LogP contribution in [-0.4, -0.2) is 36.1 Å². The predicted molar refractivity (Wildman–Crippen MR) is 74.2 cm³/mol. The van der Waals surface area contributed by atoms with Gasteiger partial charge in [0, 0.05) is 18.1 Å². The quantitative estimate of drug-likeness (QED) is 0.813. The Balaban J connectivity index is 2.09. The van der Waals surface area contributed by atoms with Gasteiger partial charge in [-0.05, 0) is 64.5 Å². The molecule has 2 fully saturated rings. The normalized spacial score (nSPS) is 36.0. The third kappa shape index (κ3) is 2.53. The molecule has 0 aromatic heterocycles. The zero-order valence-corrected chi connectivity index (χ0v) is 12.1. The molecule has 2 rings (SSSR count). The molecule has 0 aromatic rings. The molecule has 0 aliphatic carbocycles. The van der Waals surface area contributed by atoms with E-state index in [0.29, 0.717) is 11.6 Å². The van der Waals surface area contributed by atoms with Crippen molar-refractivity contribution >= 4 is 0 Å². The Kier molecular flexibility index (Phi) is 4.14. The topological polar surface area (TPSA) is 15.3 Å². The fourth-order valence-corrected chi connectivity index (χ4v) is 4.00. The fourth-order valence-electron chi connectivity index (χ4n) is 4.00. The maximum atomic E-state index is 3.87. The average molecular weight is 238 g/mol. The van der Waals surface area contributed by atoms with Crippen LogP contribution in [0.5, 0.6) is 0 Å². The molecule has 2 saturated heterocycles. The first-order valence-corrected chi connectivity index (χ1v) is 7.55. The summed E-state index contributed by atoms with van der Waals surface area (Å²) in [5, 5.41) is 3.87. The molecule has 2 heteroatoms. The van der Waals surface area contributed by atoms with Crippen molar-refractivity contribution in [1.29, 1.82) is 0 Å². The van der Waals surface area contributed by atoms with Crippen molar-refractivity contribution in [2.75, 3.05) is 19.6 Å². The lowest BCUT2D eigenvalue weighted by Gasteiger charge is -2.47. The minimum Gasteiger partial charge on any atom is -0.311 e. The molecule has 2 nitrogen and oxygen atoms in total. The molecule has 100 valence electrons. The van der Waals surface area contributed by atoms with Crippen molar-refractivity contribution < 1.29 is 0 Å². The minimum atomic E-state index is 0.438. The summed E-state index contributed by atoms with van der Waals surface area (Å²) in [7, 11) is 0. The Hall–Kier alpha value is -0.0800. The van der Waals surface area contributed by atoms with Crippen LogP contribution in [0.3, 0.4) is 0 Å². The van der Waals surface area contributed by atoms with E-state index in [-0.39, 0.29) is 0 Å². The molecule has 1 N–H and O–H groups in total. The Morgan fingerprint density at radius 3 is 2.47 bits per heavy atom. The number of nitrogens with zero attached hydrogens (tertiary/aromatic N) is 1. The molecule has 0 saturated carbocycles. The van der Waals surface area contributed by atoms with Crippen LogP contribution < -0.4 is 5.32 Å². The molecule has 17 heavy (non-hydrogen) atoms. The van der Waals surface area contributed by atoms with Crippen molar-refractivity contribution in [3.05, 3.63) is 0 Å². The monoisotopic (exact) mass is 238 g/mol. The highest BCUT2D eigenvalue weighted by molar-refractivity contribution is 5.02. The van der Waals surface area contributed by atoms with Crippen LogP contribution in [0.4, 0.5) is 0 Å². The van der Waals surface area contributed by atoms with Crippen LogP contribution in [0, 0.1) is 11.8 Å². The molecule has 0 spiro atoms. The number of hydrogen-bond acceptors (Lipinski definition) is 2. The van der Waals surface area contributed by atoms with Gasteiger partial charge in [0.05, 0.1) is 0 Å². The molecule has 0 radical (unpaired) electrons. The molecule has 0 aromatic carbocycles. The zero-order chi connectivity index (χ0) is 12.5. The summed E-state index contributed by atoms with van der Waals surface area (Å²) in [6.07, 6.45) is 5.57. The molecule has 2 aliphatic rings. The van der Waals surface area contributed by atoms with E-state index < -0.39 is 0 Å². The predicted octanol–water partition coefficient (Wildman–Crippen LogP) is 2.89. The largest absolute Gasteiger partial charge is 0.311 e. The summed E-state index contributed by atoms with van der Waals surface area (Å²) in [5.74, 6) is 1.63. The molecular weight excluding hydrogens is 208 g/mol. The summed E-state index contributed by atoms with van der Waals surface area (Å²) >= 11 is 0. The van der Waals surface area contributed by atoms with E-state index in [9.17, 15) is 0 Å². The van der Waals surface area contributed by atoms with Gasteiger partial charge < -0.3 is 10.2 Å². The van der Waals surface area contributed by atoms with Crippen LogP contribution in [0.25, 0.3) is 0 Å². The van der Waals surface area contributed by atoms with E-state index in [1.165, 1.54) is 45.3 Å². The van der Waals surface area contributed by atoms with Crippen molar-refractivity contribution in [3.63, 3.8) is 0 Å². The van der Waals surface area contributed by atoms with E-state index in [4.69, 9.17) is 0 Å². The SMILES string of the molecule is CC(C)N1CCCC(C2(C(C)C)CCCN2)C1. The molecule has 2 atom stereocenters. The highest BCUT2D eigenvalue weighted by Gasteiger charge is 2.44. The number of piperidine rings is 1. The van der Waals surface area contributed by atoms with E-state index in [0.717, 1.165) is 11.8 Å². The number of hydrogen-bond donors (Lipinski definition) is 1. The van der Waals surface area contributed by atoms with Crippen LogP contribution >= 0.6 is 0 Å². The summed E-state index contributed by atoms with van der Waals surface area (Å²) in [4.78, 5) is 2.68. The molecule has 2 aliphatic heterocycles. The summed E-state index contributed by atoms with van der Waals surface area (Å²) < 4.78 is 0. The molecule has 0 amide bonds. The first-order valence-electron chi connectivity index (χ1n) is 7.55. The van der Waals surface area contributed by atoms with Crippen molar-refractivity contribution in [1.82, 2.24) is 10.2 Å². The van der Waals surface area contributed by atoms with Crippen LogP contribution in [-0.2, 0) is 0 Å². The molecule has 0 bridgehead atoms. The zero-order valence-electron chi connectivity index (χ0n) is 12.1. The Bertz CT molecular complexity index is 241. The maximum absolute atomic E-state index is 3.87. The highest BCUT2D eigenvalue weighted by atomic mass is 15.2. The van der Waals surface area contributed by atoms with Crippen LogP contribution in [0.15, 0.2) is 0 Å². The molecule has 2 unspecified atom stereocenters. The van der Waals surface area contributed by atoms with Gasteiger partial charge in [-0.3, -0.25) is 0 Å². The highest BCUT2D eigenvalue weighted by Crippen LogP contribution is 2.39. The van der Waals surface area contributed by atoms with Crippen LogP contribution in [0.1, 0.15) is 53.4 Å². The third-order valence-electron chi connectivity index (χ3n) is 5.16. The molecular formula is C15H30N2. The van der Waals surface area contributed by atoms with Gasteiger partial charge in [-0.15, -0.1) is 0 Å². The van der Waals surface area contributed by atoms with Crippen molar-refractivity contribution in [3.8, 4) is 0 Å². The summed E-state index contributed by atoms with van der Waals surface area (Å²) in [5.41, 5.74) is 0.438. The minimum absolute atomic E-state index is 0.438. The van der Waals surface area contributed by atoms with E-state index in [2.05, 4.69) is 37.9 Å². The lowest BCUT2D eigenvalue weighted by molar-refractivity contribution is 0.0603. The van der Waals surface area contributed by atoms with Crippen molar-refractivity contribution in [2.24, 2.45) is 11.8 Å². The summed E-state index contributed by atoms with van der Waals surface area (Å²) in [6, 6.07) is 0.711. The number of likely N-dealkylation sites (tertiary alicyclic amines) is 1. The Morgan fingerprint density at radius 1 is 1.18 bits per heavy atom. The van der Waals surface area contributed by atoms with Gasteiger partial charge in [0.15, 0.2) is 0 Å². The van der Waals surface area contributed by atoms with E-state index >= 15 is 0 Å². The van der Waals surface area contributed by atoms with Gasteiger partial charge >= 0.3 is 0 Å². The molecule has 2 heterocycles. The van der Waals surface area contributed by atoms with E-state index in [1.807, 2.05) is 0 Å². The van der Waals surface area contributed by atoms with Crippen LogP contribution in [0.2, 0.25) is 0 Å². The Morgan fingerprint density at radius 2 is 1.94 bits per heavy atom. The number of nitrogens with one attached hydrogen (secondary N) is 1. The summed E-state index contributed by atoms with van der Waals surface area (Å²) in [6.45, 7) is 13.3. The van der Waals surface area contributed by atoms with Gasteiger partial charge in [0.1, 0.15) is 0 Å². The third-order valence-corrected chi connectivity index (χ3v) is 5.16. The standard InChI is InChI=1S/C15H30N2/c1-12(2)15(8-6-9-16-15)14-7-5-10-17(11-14)13(3)4/h12-14,16H,5-11H2,1-4H3. The van der Waals surface area contributed by atoms with Crippen molar-refractivity contribution in [2.45, 2.75) is 65.0 Å². The lowest BCUT2D eigenvalue weighted by Crippen LogP contribution is -2.57. The smallest absolute Gasteiger partial charge is 0.0245 e. The van der Waals surface area contributed by atoms with Gasteiger partial charge in [0.25, 0.3) is 0 Å². The second kappa shape index (κ2) is 5.27. The van der Waals surface area contributed by atoms with Gasteiger partial charge in [-0.2, -0.15) is 0 Å². The number of rotatable bonds is 3. The second-order valence-electron chi connectivity index (χ2n) is 6.65. The average Bonchev–Trinajstić information content (AvgIpc) is 2.79. The Labute approximate surface area is 107 Å². The van der Waals surface area contributed by atoms with E-state index in [1.54, 1.807) is 0 Å². The van der Waals surface area contributed by atoms with Gasteiger partial charge in [0.2, 0.25) is 0 Å². The lowest BCUT2D eigenvalue weighted by atomic mass is 9.71. The maximum Gasteiger partial charge on any atom is 0.0245 e. The first kappa shape index (κ1) is 13.4. The fraction of sp³-hybridized carbons (Fsp3) is 1.00.